The molecule has 1 aliphatic rings. The highest BCUT2D eigenvalue weighted by Crippen LogP contribution is 2.44. The van der Waals surface area contributed by atoms with E-state index in [-0.39, 0.29) is 24.5 Å². The van der Waals surface area contributed by atoms with Gasteiger partial charge in [-0.1, -0.05) is 17.7 Å². The lowest BCUT2D eigenvalue weighted by atomic mass is 10.1. The number of carbonyl (C=O) groups is 1. The molecule has 4 heteroatoms. The summed E-state index contributed by atoms with van der Waals surface area (Å²) in [6.45, 7) is 3.22. The van der Waals surface area contributed by atoms with E-state index in [0.29, 0.717) is 6.54 Å². The number of anilines is 1. The molecule has 2 rings (SSSR count). The Morgan fingerprint density at radius 3 is 2.56 bits per heavy atom. The van der Waals surface area contributed by atoms with Crippen LogP contribution in [-0.2, 0) is 4.79 Å². The lowest BCUT2D eigenvalue weighted by Crippen LogP contribution is -2.33. The average Bonchev–Trinajstić information content (AvgIpc) is 3.13. The summed E-state index contributed by atoms with van der Waals surface area (Å²) in [5.41, 5.74) is 2.03. The first-order valence-electron chi connectivity index (χ1n) is 6.32. The summed E-state index contributed by atoms with van der Waals surface area (Å²) in [5.74, 6) is -0.0485. The Bertz CT molecular complexity index is 410. The number of hydrogen-bond donors (Lipinski definition) is 3. The van der Waals surface area contributed by atoms with Gasteiger partial charge in [-0.15, -0.1) is 0 Å². The maximum absolute atomic E-state index is 11.7. The Balaban J connectivity index is 1.70. The molecule has 0 atom stereocenters. The fraction of sp³-hybridized carbons (Fsp3) is 0.500. The lowest BCUT2D eigenvalue weighted by molar-refractivity contribution is -0.115. The molecule has 0 heterocycles. The third kappa shape index (κ3) is 3.55. The standard InChI is InChI=1S/C14H20N2O2/c1-11-2-4-12(5-3-11)16-13(18)8-15-9-14(10-17)6-7-14/h2-5,15,17H,6-10H2,1H3,(H,16,18). The summed E-state index contributed by atoms with van der Waals surface area (Å²) in [4.78, 5) is 11.7. The van der Waals surface area contributed by atoms with E-state index in [0.717, 1.165) is 18.5 Å². The quantitative estimate of drug-likeness (QED) is 0.711. The number of nitrogens with one attached hydrogen (secondary N) is 2. The van der Waals surface area contributed by atoms with Gasteiger partial charge in [-0.25, -0.2) is 0 Å². The Kier molecular flexibility index (Phi) is 3.99. The van der Waals surface area contributed by atoms with Crippen LogP contribution in [0.2, 0.25) is 0 Å². The molecule has 0 aliphatic heterocycles. The van der Waals surface area contributed by atoms with Crippen molar-refractivity contribution in [2.24, 2.45) is 5.41 Å². The molecule has 1 saturated carbocycles. The van der Waals surface area contributed by atoms with Gasteiger partial charge in [0.05, 0.1) is 6.54 Å². The van der Waals surface area contributed by atoms with Crippen molar-refractivity contribution in [3.8, 4) is 0 Å². The predicted octanol–water partition coefficient (Wildman–Crippen LogP) is 1.30. The summed E-state index contributed by atoms with van der Waals surface area (Å²) >= 11 is 0. The normalized spacial score (nSPS) is 16.3. The van der Waals surface area contributed by atoms with Crippen LogP contribution < -0.4 is 10.6 Å². The van der Waals surface area contributed by atoms with Crippen LogP contribution in [0.5, 0.6) is 0 Å². The van der Waals surface area contributed by atoms with Gasteiger partial charge in [0.25, 0.3) is 0 Å². The highest BCUT2D eigenvalue weighted by molar-refractivity contribution is 5.92. The monoisotopic (exact) mass is 248 g/mol. The molecule has 1 aromatic carbocycles. The van der Waals surface area contributed by atoms with Crippen LogP contribution in [0.15, 0.2) is 24.3 Å². The van der Waals surface area contributed by atoms with E-state index in [1.54, 1.807) is 0 Å². The number of carbonyl (C=O) groups excluding carboxylic acids is 1. The van der Waals surface area contributed by atoms with E-state index in [2.05, 4.69) is 10.6 Å². The van der Waals surface area contributed by atoms with E-state index < -0.39 is 0 Å². The van der Waals surface area contributed by atoms with Gasteiger partial charge >= 0.3 is 0 Å². The molecule has 0 unspecified atom stereocenters. The van der Waals surface area contributed by atoms with Gasteiger partial charge in [-0.2, -0.15) is 0 Å². The van der Waals surface area contributed by atoms with Crippen molar-refractivity contribution in [3.63, 3.8) is 0 Å². The minimum Gasteiger partial charge on any atom is -0.396 e. The van der Waals surface area contributed by atoms with Crippen molar-refractivity contribution in [3.05, 3.63) is 29.8 Å². The van der Waals surface area contributed by atoms with Crippen molar-refractivity contribution < 1.29 is 9.90 Å². The van der Waals surface area contributed by atoms with Crippen molar-refractivity contribution >= 4 is 11.6 Å². The van der Waals surface area contributed by atoms with Crippen molar-refractivity contribution in [2.45, 2.75) is 19.8 Å². The molecule has 1 aliphatic carbocycles. The van der Waals surface area contributed by atoms with Crippen LogP contribution in [0, 0.1) is 12.3 Å². The second-order valence-electron chi connectivity index (χ2n) is 5.18. The minimum atomic E-state index is -0.0485. The summed E-state index contributed by atoms with van der Waals surface area (Å²) in [7, 11) is 0. The Morgan fingerprint density at radius 1 is 1.33 bits per heavy atom. The molecule has 0 saturated heterocycles. The third-order valence-corrected chi connectivity index (χ3v) is 3.41. The zero-order chi connectivity index (χ0) is 13.0. The van der Waals surface area contributed by atoms with Gasteiger partial charge < -0.3 is 15.7 Å². The predicted molar refractivity (Wildman–Crippen MR) is 71.4 cm³/mol. The van der Waals surface area contributed by atoms with E-state index in [9.17, 15) is 4.79 Å². The van der Waals surface area contributed by atoms with Crippen molar-refractivity contribution in [1.82, 2.24) is 5.32 Å². The number of aliphatic hydroxyl groups excluding tert-OH is 1. The highest BCUT2D eigenvalue weighted by Gasteiger charge is 2.41. The summed E-state index contributed by atoms with van der Waals surface area (Å²) < 4.78 is 0. The first-order valence-corrected chi connectivity index (χ1v) is 6.32. The second-order valence-corrected chi connectivity index (χ2v) is 5.18. The topological polar surface area (TPSA) is 61.4 Å². The first kappa shape index (κ1) is 13.1. The van der Waals surface area contributed by atoms with Crippen LogP contribution in [0.25, 0.3) is 0 Å². The zero-order valence-corrected chi connectivity index (χ0v) is 10.7. The molecule has 0 spiro atoms. The molecule has 98 valence electrons. The van der Waals surface area contributed by atoms with Crippen molar-refractivity contribution in [2.75, 3.05) is 25.0 Å². The number of aliphatic hydroxyl groups is 1. The number of amides is 1. The molecule has 1 fully saturated rings. The van der Waals surface area contributed by atoms with E-state index >= 15 is 0 Å². The Hall–Kier alpha value is -1.39. The molecule has 4 nitrogen and oxygen atoms in total. The van der Waals surface area contributed by atoms with Gasteiger partial charge in [-0.3, -0.25) is 4.79 Å². The van der Waals surface area contributed by atoms with Crippen LogP contribution in [0.4, 0.5) is 5.69 Å². The van der Waals surface area contributed by atoms with Gasteiger partial charge in [0.1, 0.15) is 0 Å². The molecule has 0 bridgehead atoms. The molecule has 0 aromatic heterocycles. The fourth-order valence-corrected chi connectivity index (χ4v) is 1.85. The van der Waals surface area contributed by atoms with E-state index in [1.165, 1.54) is 5.56 Å². The van der Waals surface area contributed by atoms with Crippen LogP contribution in [0.3, 0.4) is 0 Å². The van der Waals surface area contributed by atoms with Gasteiger partial charge in [0, 0.05) is 24.3 Å². The molecule has 3 N–H and O–H groups in total. The van der Waals surface area contributed by atoms with Gasteiger partial charge in [0.15, 0.2) is 0 Å². The Labute approximate surface area is 107 Å². The third-order valence-electron chi connectivity index (χ3n) is 3.41. The molecule has 1 amide bonds. The molecule has 18 heavy (non-hydrogen) atoms. The molecular formula is C14H20N2O2. The van der Waals surface area contributed by atoms with Crippen LogP contribution in [-0.4, -0.2) is 30.7 Å². The van der Waals surface area contributed by atoms with Gasteiger partial charge in [0.2, 0.25) is 5.91 Å². The van der Waals surface area contributed by atoms with Crippen LogP contribution >= 0.6 is 0 Å². The number of aryl methyl sites for hydroxylation is 1. The smallest absolute Gasteiger partial charge is 0.238 e. The highest BCUT2D eigenvalue weighted by atomic mass is 16.3. The SMILES string of the molecule is Cc1ccc(NC(=O)CNCC2(CO)CC2)cc1. The second kappa shape index (κ2) is 5.50. The maximum atomic E-state index is 11.7. The average molecular weight is 248 g/mol. The van der Waals surface area contributed by atoms with E-state index in [4.69, 9.17) is 5.11 Å². The Morgan fingerprint density at radius 2 is 2.00 bits per heavy atom. The molecular weight excluding hydrogens is 228 g/mol. The first-order chi connectivity index (χ1) is 8.63. The minimum absolute atomic E-state index is 0.0458. The summed E-state index contributed by atoms with van der Waals surface area (Å²) in [6.07, 6.45) is 2.10. The summed E-state index contributed by atoms with van der Waals surface area (Å²) in [6, 6.07) is 7.72. The van der Waals surface area contributed by atoms with Crippen molar-refractivity contribution in [1.29, 1.82) is 0 Å². The lowest BCUT2D eigenvalue weighted by Gasteiger charge is -2.12. The maximum Gasteiger partial charge on any atom is 0.238 e. The fourth-order valence-electron chi connectivity index (χ4n) is 1.85. The van der Waals surface area contributed by atoms with Gasteiger partial charge in [-0.05, 0) is 31.9 Å². The number of rotatable bonds is 6. The zero-order valence-electron chi connectivity index (χ0n) is 10.7. The van der Waals surface area contributed by atoms with E-state index in [1.807, 2.05) is 31.2 Å². The molecule has 0 radical (unpaired) electrons. The molecule has 1 aromatic rings. The number of benzene rings is 1. The summed E-state index contributed by atoms with van der Waals surface area (Å²) in [5, 5.41) is 15.1. The number of hydrogen-bond acceptors (Lipinski definition) is 3. The largest absolute Gasteiger partial charge is 0.396 e. The van der Waals surface area contributed by atoms with Crippen LogP contribution in [0.1, 0.15) is 18.4 Å².